The van der Waals surface area contributed by atoms with Gasteiger partial charge in [-0.15, -0.1) is 0 Å². The molecule has 0 fully saturated rings. The van der Waals surface area contributed by atoms with Gasteiger partial charge < -0.3 is 0 Å². The van der Waals surface area contributed by atoms with Gasteiger partial charge in [0.1, 0.15) is 0 Å². The summed E-state index contributed by atoms with van der Waals surface area (Å²) in [6, 6.07) is 0. The SMILES string of the molecule is C[Se]CCNCCN(CCC(=O)NCC[Se])CCN(C)CCN(CCNCC[Se]C)CCC(=O)NCC[Se]C. The molecule has 0 atom stereocenters. The van der Waals surface area contributed by atoms with Gasteiger partial charge in [0.2, 0.25) is 0 Å². The van der Waals surface area contributed by atoms with E-state index in [0.717, 1.165) is 95.7 Å². The van der Waals surface area contributed by atoms with E-state index in [-0.39, 0.29) is 11.8 Å². The second-order valence-electron chi connectivity index (χ2n) is 9.37. The molecule has 0 aliphatic carbocycles. The van der Waals surface area contributed by atoms with Gasteiger partial charge in [0.25, 0.3) is 0 Å². The molecule has 1 radical (unpaired) electrons. The normalized spacial score (nSPS) is 11.6. The van der Waals surface area contributed by atoms with Gasteiger partial charge >= 0.3 is 269 Å². The van der Waals surface area contributed by atoms with Gasteiger partial charge in [-0.3, -0.25) is 0 Å². The van der Waals surface area contributed by atoms with Gasteiger partial charge in [-0.25, -0.2) is 0 Å². The molecule has 9 nitrogen and oxygen atoms in total. The van der Waals surface area contributed by atoms with Gasteiger partial charge in [0, 0.05) is 0 Å². The van der Waals surface area contributed by atoms with Crippen molar-refractivity contribution in [2.45, 2.75) is 51.6 Å². The maximum atomic E-state index is 12.3. The monoisotopic (exact) mass is 818 g/mol. The minimum absolute atomic E-state index is 0.133. The first-order valence-corrected chi connectivity index (χ1v) is 24.1. The van der Waals surface area contributed by atoms with Crippen molar-refractivity contribution in [3.05, 3.63) is 0 Å². The van der Waals surface area contributed by atoms with Crippen molar-refractivity contribution in [3.63, 3.8) is 0 Å². The predicted molar refractivity (Wildman–Crippen MR) is 171 cm³/mol. The van der Waals surface area contributed by atoms with Crippen LogP contribution in [0.25, 0.3) is 0 Å². The summed E-state index contributed by atoms with van der Waals surface area (Å²) in [5.41, 5.74) is 0. The molecule has 4 N–H and O–H groups in total. The Bertz CT molecular complexity index is 582. The number of carbonyl (C=O) groups is 2. The number of amides is 2. The number of nitrogens with one attached hydrogen (secondary N) is 4. The quantitative estimate of drug-likeness (QED) is 0.0616. The molecule has 0 saturated heterocycles. The molecule has 2 amide bonds. The van der Waals surface area contributed by atoms with E-state index in [0.29, 0.717) is 64.3 Å². The second kappa shape index (κ2) is 30.3. The average molecular weight is 815 g/mol. The van der Waals surface area contributed by atoms with E-state index in [4.69, 9.17) is 0 Å². The van der Waals surface area contributed by atoms with Gasteiger partial charge in [-0.05, 0) is 0 Å². The Kier molecular flexibility index (Phi) is 30.9. The van der Waals surface area contributed by atoms with Gasteiger partial charge in [0.15, 0.2) is 0 Å². The number of hydrogen-bond acceptors (Lipinski definition) is 7. The molecule has 0 rings (SSSR count). The molecule has 39 heavy (non-hydrogen) atoms. The van der Waals surface area contributed by atoms with Crippen molar-refractivity contribution in [2.75, 3.05) is 98.7 Å². The molecule has 0 bridgehead atoms. The summed E-state index contributed by atoms with van der Waals surface area (Å²) >= 11 is 4.97. The Morgan fingerprint density at radius 1 is 0.590 bits per heavy atom. The zero-order chi connectivity index (χ0) is 29.0. The van der Waals surface area contributed by atoms with Crippen LogP contribution in [-0.2, 0) is 9.59 Å². The van der Waals surface area contributed by atoms with Crippen molar-refractivity contribution in [3.8, 4) is 0 Å². The maximum absolute atomic E-state index is 12.3. The second-order valence-corrected chi connectivity index (χ2v) is 16.4. The third-order valence-corrected chi connectivity index (χ3v) is 10.4. The Hall–Kier alpha value is 0.818. The van der Waals surface area contributed by atoms with E-state index in [1.807, 2.05) is 0 Å². The summed E-state index contributed by atoms with van der Waals surface area (Å²) in [4.78, 5) is 31.6. The molecule has 0 spiro atoms. The van der Waals surface area contributed by atoms with E-state index in [1.54, 1.807) is 0 Å². The Balaban J connectivity index is 4.65. The molecular weight excluding hydrogens is 758 g/mol. The van der Waals surface area contributed by atoms with Crippen molar-refractivity contribution in [1.29, 1.82) is 0 Å². The van der Waals surface area contributed by atoms with E-state index < -0.39 is 0 Å². The average Bonchev–Trinajstić information content (AvgIpc) is 2.93. The van der Waals surface area contributed by atoms with Crippen LogP contribution in [0.2, 0.25) is 38.7 Å². The summed E-state index contributed by atoms with van der Waals surface area (Å²) < 4.78 is 0. The third kappa shape index (κ3) is 27.4. The predicted octanol–water partition coefficient (Wildman–Crippen LogP) is -0.187. The molecular formula is C26H56N7O2Se4. The number of rotatable bonds is 29. The van der Waals surface area contributed by atoms with E-state index in [1.165, 1.54) is 10.6 Å². The first kappa shape index (κ1) is 39.8. The molecule has 0 heterocycles. The first-order valence-electron chi connectivity index (χ1n) is 14.1. The molecule has 0 saturated carbocycles. The molecule has 0 aliphatic rings. The first-order chi connectivity index (χ1) is 19.0. The van der Waals surface area contributed by atoms with Crippen LogP contribution in [0.3, 0.4) is 0 Å². The van der Waals surface area contributed by atoms with Crippen molar-refractivity contribution >= 4 is 72.7 Å². The van der Waals surface area contributed by atoms with Crippen LogP contribution in [0.4, 0.5) is 0 Å². The molecule has 0 unspecified atom stereocenters. The summed E-state index contributed by atoms with van der Waals surface area (Å²) in [6.45, 7) is 13.0. The van der Waals surface area contributed by atoms with Crippen LogP contribution in [0.1, 0.15) is 12.8 Å². The van der Waals surface area contributed by atoms with Crippen LogP contribution >= 0.6 is 0 Å². The van der Waals surface area contributed by atoms with E-state index in [2.05, 4.69) is 76.5 Å². The fourth-order valence-electron chi connectivity index (χ4n) is 3.66. The summed E-state index contributed by atoms with van der Waals surface area (Å²) in [5.74, 6) is 7.06. The fraction of sp³-hybridized carbons (Fsp3) is 0.923. The van der Waals surface area contributed by atoms with Crippen LogP contribution in [-0.4, -0.2) is 186 Å². The Morgan fingerprint density at radius 3 is 1.46 bits per heavy atom. The van der Waals surface area contributed by atoms with Crippen LogP contribution < -0.4 is 21.3 Å². The number of likely N-dealkylation sites (N-methyl/N-ethyl adjacent to an activating group) is 1. The molecule has 0 aromatic heterocycles. The van der Waals surface area contributed by atoms with Crippen LogP contribution in [0, 0.1) is 0 Å². The van der Waals surface area contributed by atoms with Crippen LogP contribution in [0.15, 0.2) is 0 Å². The zero-order valence-electron chi connectivity index (χ0n) is 24.9. The van der Waals surface area contributed by atoms with Crippen LogP contribution in [0.5, 0.6) is 0 Å². The summed E-state index contributed by atoms with van der Waals surface area (Å²) in [6.07, 6.45) is 1.11. The number of carbonyl (C=O) groups excluding carboxylic acids is 2. The molecule has 0 aromatic carbocycles. The Labute approximate surface area is 266 Å². The molecule has 0 aromatic rings. The van der Waals surface area contributed by atoms with Gasteiger partial charge in [0.05, 0.1) is 0 Å². The number of nitrogens with zero attached hydrogens (tertiary/aromatic N) is 3. The minimum atomic E-state index is 0.133. The van der Waals surface area contributed by atoms with E-state index in [9.17, 15) is 9.59 Å². The fourth-order valence-corrected chi connectivity index (χ4v) is 5.98. The standard InChI is InChI=1S/C26H56N7O2Se4/c1-31(17-19-32(15-7-27-10-22-37-2)13-5-25(34)29-9-21-36)18-20-33(16-8-28-11-23-38-3)14-6-26(35)30-12-24-39-4/h27-28H,5-24H2,1-4H3,(H,29,34)(H,30,35). The summed E-state index contributed by atoms with van der Waals surface area (Å²) in [7, 11) is 2.18. The molecule has 231 valence electrons. The van der Waals surface area contributed by atoms with Gasteiger partial charge in [-0.1, -0.05) is 0 Å². The number of hydrogen-bond donors (Lipinski definition) is 4. The summed E-state index contributed by atoms with van der Waals surface area (Å²) in [5, 5.41) is 17.6. The Morgan fingerprint density at radius 2 is 1.03 bits per heavy atom. The van der Waals surface area contributed by atoms with E-state index >= 15 is 0 Å². The van der Waals surface area contributed by atoms with Crippen molar-refractivity contribution in [2.24, 2.45) is 0 Å². The zero-order valence-corrected chi connectivity index (χ0v) is 31.8. The van der Waals surface area contributed by atoms with Crippen molar-refractivity contribution < 1.29 is 9.59 Å². The van der Waals surface area contributed by atoms with Crippen molar-refractivity contribution in [1.82, 2.24) is 36.0 Å². The molecule has 13 heteroatoms. The molecule has 0 aliphatic heterocycles. The topological polar surface area (TPSA) is 92.0 Å². The third-order valence-electron chi connectivity index (χ3n) is 6.13. The van der Waals surface area contributed by atoms with Gasteiger partial charge in [-0.2, -0.15) is 0 Å².